The van der Waals surface area contributed by atoms with Gasteiger partial charge in [0.05, 0.1) is 18.1 Å². The van der Waals surface area contributed by atoms with Crippen molar-refractivity contribution in [3.63, 3.8) is 0 Å². The van der Waals surface area contributed by atoms with Gasteiger partial charge in [0.25, 0.3) is 0 Å². The Labute approximate surface area is 106 Å². The molecule has 0 amide bonds. The fourth-order valence-electron chi connectivity index (χ4n) is 1.28. The van der Waals surface area contributed by atoms with E-state index >= 15 is 0 Å². The zero-order chi connectivity index (χ0) is 12.3. The molecular weight excluding hydrogens is 288 g/mol. The van der Waals surface area contributed by atoms with E-state index in [1.54, 1.807) is 25.2 Å². The molecule has 0 bridgehead atoms. The van der Waals surface area contributed by atoms with Gasteiger partial charge in [-0.15, -0.1) is 10.2 Å². The van der Waals surface area contributed by atoms with Gasteiger partial charge in [0.15, 0.2) is 6.61 Å². The molecule has 0 unspecified atom stereocenters. The number of aliphatic hydroxyl groups is 1. The molecular formula is C10H11BrN4O2. The van der Waals surface area contributed by atoms with Gasteiger partial charge in [-0.2, -0.15) is 4.80 Å². The third-order valence-corrected chi connectivity index (χ3v) is 2.71. The van der Waals surface area contributed by atoms with Crippen LogP contribution in [0.3, 0.4) is 0 Å². The second-order valence-electron chi connectivity index (χ2n) is 3.41. The van der Waals surface area contributed by atoms with Crippen LogP contribution in [0.25, 0.3) is 0 Å². The molecule has 90 valence electrons. The third-order valence-electron chi connectivity index (χ3n) is 2.09. The molecule has 2 rings (SSSR count). The summed E-state index contributed by atoms with van der Waals surface area (Å²) in [6.45, 7) is 0.259. The van der Waals surface area contributed by atoms with Gasteiger partial charge in [0.1, 0.15) is 5.75 Å². The Bertz CT molecular complexity index is 515. The lowest BCUT2D eigenvalue weighted by Crippen LogP contribution is -2.00. The Balaban J connectivity index is 2.04. The third kappa shape index (κ3) is 3.01. The van der Waals surface area contributed by atoms with E-state index in [0.29, 0.717) is 11.6 Å². The second kappa shape index (κ2) is 5.24. The average molecular weight is 299 g/mol. The van der Waals surface area contributed by atoms with Crippen molar-refractivity contribution in [2.75, 3.05) is 0 Å². The number of nitrogens with zero attached hydrogens (tertiary/aromatic N) is 4. The van der Waals surface area contributed by atoms with E-state index in [-0.39, 0.29) is 13.2 Å². The van der Waals surface area contributed by atoms with Crippen molar-refractivity contribution in [2.24, 2.45) is 7.05 Å². The van der Waals surface area contributed by atoms with E-state index in [0.717, 1.165) is 10.0 Å². The van der Waals surface area contributed by atoms with E-state index in [4.69, 9.17) is 9.84 Å². The average Bonchev–Trinajstić information content (AvgIpc) is 2.73. The highest BCUT2D eigenvalue weighted by Crippen LogP contribution is 2.26. The predicted octanol–water partition coefficient (Wildman–Crippen LogP) is 1.04. The van der Waals surface area contributed by atoms with Gasteiger partial charge in [-0.1, -0.05) is 6.07 Å². The number of ether oxygens (including phenoxy) is 1. The topological polar surface area (TPSA) is 73.1 Å². The van der Waals surface area contributed by atoms with Crippen molar-refractivity contribution in [1.82, 2.24) is 20.2 Å². The fraction of sp³-hybridized carbons (Fsp3) is 0.300. The zero-order valence-corrected chi connectivity index (χ0v) is 10.8. The van der Waals surface area contributed by atoms with Crippen molar-refractivity contribution >= 4 is 15.9 Å². The summed E-state index contributed by atoms with van der Waals surface area (Å²) in [5, 5.41) is 20.5. The van der Waals surface area contributed by atoms with Crippen LogP contribution in [0.15, 0.2) is 22.7 Å². The minimum absolute atomic E-state index is 0.00456. The molecule has 2 aromatic rings. The summed E-state index contributed by atoms with van der Waals surface area (Å²) in [4.78, 5) is 1.38. The van der Waals surface area contributed by atoms with Crippen LogP contribution in [0, 0.1) is 0 Å². The molecule has 1 N–H and O–H groups in total. The second-order valence-corrected chi connectivity index (χ2v) is 4.26. The SMILES string of the molecule is Cn1nnc(COc2ccc(CO)cc2Br)n1. The summed E-state index contributed by atoms with van der Waals surface area (Å²) in [5.41, 5.74) is 0.821. The first-order chi connectivity index (χ1) is 8.19. The van der Waals surface area contributed by atoms with Crippen LogP contribution in [-0.2, 0) is 20.3 Å². The Kier molecular flexibility index (Phi) is 3.70. The van der Waals surface area contributed by atoms with Crippen LogP contribution < -0.4 is 4.74 Å². The number of halogens is 1. The lowest BCUT2D eigenvalue weighted by atomic mass is 10.2. The molecule has 17 heavy (non-hydrogen) atoms. The quantitative estimate of drug-likeness (QED) is 0.913. The van der Waals surface area contributed by atoms with E-state index < -0.39 is 0 Å². The Morgan fingerprint density at radius 3 is 2.88 bits per heavy atom. The summed E-state index contributed by atoms with van der Waals surface area (Å²) in [6.07, 6.45) is 0. The van der Waals surface area contributed by atoms with Gasteiger partial charge < -0.3 is 9.84 Å². The summed E-state index contributed by atoms with van der Waals surface area (Å²) in [5.74, 6) is 1.19. The highest BCUT2D eigenvalue weighted by Gasteiger charge is 2.05. The Morgan fingerprint density at radius 2 is 2.29 bits per heavy atom. The molecule has 7 heteroatoms. The lowest BCUT2D eigenvalue weighted by molar-refractivity contribution is 0.279. The minimum atomic E-state index is 0.00456. The van der Waals surface area contributed by atoms with Gasteiger partial charge in [0.2, 0.25) is 5.82 Å². The van der Waals surface area contributed by atoms with Crippen LogP contribution in [0.1, 0.15) is 11.4 Å². The van der Waals surface area contributed by atoms with Crippen LogP contribution >= 0.6 is 15.9 Å². The van der Waals surface area contributed by atoms with E-state index in [9.17, 15) is 0 Å². The van der Waals surface area contributed by atoms with Gasteiger partial charge in [-0.05, 0) is 38.8 Å². The molecule has 0 saturated heterocycles. The standard InChI is InChI=1S/C10H11BrN4O2/c1-15-13-10(12-14-15)6-17-9-3-2-7(5-16)4-8(9)11/h2-4,16H,5-6H2,1H3. The first-order valence-corrected chi connectivity index (χ1v) is 5.73. The number of aliphatic hydroxyl groups excluding tert-OH is 1. The zero-order valence-electron chi connectivity index (χ0n) is 9.17. The predicted molar refractivity (Wildman–Crippen MR) is 63.2 cm³/mol. The molecule has 0 saturated carbocycles. The van der Waals surface area contributed by atoms with Crippen LogP contribution in [0.2, 0.25) is 0 Å². The number of aryl methyl sites for hydroxylation is 1. The molecule has 1 aromatic carbocycles. The van der Waals surface area contributed by atoms with Crippen molar-refractivity contribution < 1.29 is 9.84 Å². The maximum Gasteiger partial charge on any atom is 0.212 e. The fourth-order valence-corrected chi connectivity index (χ4v) is 1.82. The maximum atomic E-state index is 8.97. The van der Waals surface area contributed by atoms with E-state index in [1.165, 1.54) is 4.80 Å². The van der Waals surface area contributed by atoms with Gasteiger partial charge in [-0.25, -0.2) is 0 Å². The Hall–Kier alpha value is -1.47. The molecule has 0 aliphatic carbocycles. The summed E-state index contributed by atoms with van der Waals surface area (Å²) >= 11 is 3.37. The van der Waals surface area contributed by atoms with Crippen molar-refractivity contribution in [3.8, 4) is 5.75 Å². The molecule has 0 spiro atoms. The molecule has 0 radical (unpaired) electrons. The Morgan fingerprint density at radius 1 is 1.47 bits per heavy atom. The number of rotatable bonds is 4. The number of aromatic nitrogens is 4. The first-order valence-electron chi connectivity index (χ1n) is 4.94. The highest BCUT2D eigenvalue weighted by molar-refractivity contribution is 9.10. The number of hydrogen-bond acceptors (Lipinski definition) is 5. The van der Waals surface area contributed by atoms with Crippen molar-refractivity contribution in [1.29, 1.82) is 0 Å². The number of benzene rings is 1. The van der Waals surface area contributed by atoms with Crippen LogP contribution in [0.4, 0.5) is 0 Å². The highest BCUT2D eigenvalue weighted by atomic mass is 79.9. The minimum Gasteiger partial charge on any atom is -0.484 e. The lowest BCUT2D eigenvalue weighted by Gasteiger charge is -2.06. The molecule has 6 nitrogen and oxygen atoms in total. The molecule has 1 aromatic heterocycles. The van der Waals surface area contributed by atoms with E-state index in [1.807, 2.05) is 0 Å². The van der Waals surface area contributed by atoms with Crippen LogP contribution in [0.5, 0.6) is 5.75 Å². The van der Waals surface area contributed by atoms with Gasteiger partial charge in [-0.3, -0.25) is 0 Å². The first kappa shape index (κ1) is 12.0. The normalized spacial score (nSPS) is 10.5. The van der Waals surface area contributed by atoms with Crippen molar-refractivity contribution in [2.45, 2.75) is 13.2 Å². The molecule has 1 heterocycles. The summed E-state index contributed by atoms with van der Waals surface area (Å²) in [6, 6.07) is 5.38. The number of tetrazole rings is 1. The maximum absolute atomic E-state index is 8.97. The van der Waals surface area contributed by atoms with Crippen LogP contribution in [-0.4, -0.2) is 25.3 Å². The summed E-state index contributed by atoms with van der Waals surface area (Å²) < 4.78 is 6.31. The van der Waals surface area contributed by atoms with E-state index in [2.05, 4.69) is 31.3 Å². The van der Waals surface area contributed by atoms with Crippen molar-refractivity contribution in [3.05, 3.63) is 34.1 Å². The summed E-state index contributed by atoms with van der Waals surface area (Å²) in [7, 11) is 1.70. The molecule has 0 atom stereocenters. The monoisotopic (exact) mass is 298 g/mol. The smallest absolute Gasteiger partial charge is 0.212 e. The molecule has 0 aliphatic heterocycles. The van der Waals surface area contributed by atoms with Gasteiger partial charge in [0, 0.05) is 0 Å². The molecule has 0 aliphatic rings. The largest absolute Gasteiger partial charge is 0.484 e. The number of hydrogen-bond donors (Lipinski definition) is 1. The van der Waals surface area contributed by atoms with Gasteiger partial charge >= 0.3 is 0 Å². The molecule has 0 fully saturated rings.